The summed E-state index contributed by atoms with van der Waals surface area (Å²) in [5.74, 6) is -1.86. The van der Waals surface area contributed by atoms with Crippen LogP contribution in [0, 0.1) is 19.8 Å². The van der Waals surface area contributed by atoms with Gasteiger partial charge in [0.25, 0.3) is 11.5 Å². The molecule has 1 atom stereocenters. The Morgan fingerprint density at radius 2 is 2.00 bits per heavy atom. The molecule has 1 aliphatic heterocycles. The van der Waals surface area contributed by atoms with Crippen molar-refractivity contribution in [3.63, 3.8) is 0 Å². The number of amides is 1. The van der Waals surface area contributed by atoms with Crippen LogP contribution in [0.2, 0.25) is 0 Å². The standard InChI is InChI=1S/C14H19N3O4/c1-8-9(2)15-16(3)12(18)11(8)13(19)17-6-4-5-10(7-17)14(20)21/h10H,4-7H2,1-3H3,(H,20,21)/t10-/m1/s1. The zero-order valence-corrected chi connectivity index (χ0v) is 12.4. The van der Waals surface area contributed by atoms with Crippen LogP contribution in [0.5, 0.6) is 0 Å². The molecular weight excluding hydrogens is 274 g/mol. The minimum absolute atomic E-state index is 0.0936. The molecule has 1 aromatic heterocycles. The zero-order chi connectivity index (χ0) is 15.7. The van der Waals surface area contributed by atoms with Crippen molar-refractivity contribution in [3.05, 3.63) is 27.2 Å². The summed E-state index contributed by atoms with van der Waals surface area (Å²) >= 11 is 0. The van der Waals surface area contributed by atoms with E-state index in [9.17, 15) is 14.4 Å². The number of carboxylic acids is 1. The van der Waals surface area contributed by atoms with Crippen molar-refractivity contribution in [1.82, 2.24) is 14.7 Å². The number of carbonyl (C=O) groups excluding carboxylic acids is 1. The summed E-state index contributed by atoms with van der Waals surface area (Å²) in [4.78, 5) is 37.3. The Hall–Kier alpha value is -2.18. The third kappa shape index (κ3) is 2.81. The van der Waals surface area contributed by atoms with Gasteiger partial charge in [-0.25, -0.2) is 4.68 Å². The molecule has 7 nitrogen and oxygen atoms in total. The van der Waals surface area contributed by atoms with Gasteiger partial charge in [0.2, 0.25) is 0 Å². The van der Waals surface area contributed by atoms with Crippen LogP contribution >= 0.6 is 0 Å². The van der Waals surface area contributed by atoms with Gasteiger partial charge in [0.1, 0.15) is 5.56 Å². The number of carboxylic acid groups (broad SMARTS) is 1. The number of hydrogen-bond acceptors (Lipinski definition) is 4. The van der Waals surface area contributed by atoms with Gasteiger partial charge < -0.3 is 10.0 Å². The monoisotopic (exact) mass is 293 g/mol. The molecule has 2 rings (SSSR count). The first-order valence-corrected chi connectivity index (χ1v) is 6.89. The second kappa shape index (κ2) is 5.67. The number of hydrogen-bond donors (Lipinski definition) is 1. The van der Waals surface area contributed by atoms with Gasteiger partial charge in [-0.1, -0.05) is 0 Å². The van der Waals surface area contributed by atoms with Crippen LogP contribution in [0.3, 0.4) is 0 Å². The Labute approximate surface area is 122 Å². The predicted molar refractivity (Wildman–Crippen MR) is 75.2 cm³/mol. The van der Waals surface area contributed by atoms with Gasteiger partial charge in [0.15, 0.2) is 0 Å². The average Bonchev–Trinajstić information content (AvgIpc) is 2.45. The first-order chi connectivity index (χ1) is 9.82. The summed E-state index contributed by atoms with van der Waals surface area (Å²) in [7, 11) is 1.50. The number of aryl methyl sites for hydroxylation is 2. The highest BCUT2D eigenvalue weighted by Crippen LogP contribution is 2.19. The fourth-order valence-corrected chi connectivity index (χ4v) is 2.62. The lowest BCUT2D eigenvalue weighted by Crippen LogP contribution is -2.45. The highest BCUT2D eigenvalue weighted by atomic mass is 16.4. The van der Waals surface area contributed by atoms with E-state index in [4.69, 9.17) is 5.11 Å². The molecule has 0 spiro atoms. The second-order valence-corrected chi connectivity index (χ2v) is 5.44. The van der Waals surface area contributed by atoms with Crippen molar-refractivity contribution < 1.29 is 14.7 Å². The molecule has 7 heteroatoms. The number of carbonyl (C=O) groups is 2. The molecule has 1 N–H and O–H groups in total. The van der Waals surface area contributed by atoms with Crippen LogP contribution in [0.4, 0.5) is 0 Å². The first kappa shape index (κ1) is 15.2. The second-order valence-electron chi connectivity index (χ2n) is 5.44. The molecule has 1 fully saturated rings. The summed E-state index contributed by atoms with van der Waals surface area (Å²) in [5, 5.41) is 13.1. The van der Waals surface area contributed by atoms with Crippen molar-refractivity contribution in [2.75, 3.05) is 13.1 Å². The largest absolute Gasteiger partial charge is 0.481 e. The minimum Gasteiger partial charge on any atom is -0.481 e. The van der Waals surface area contributed by atoms with Crippen molar-refractivity contribution >= 4 is 11.9 Å². The lowest BCUT2D eigenvalue weighted by molar-refractivity contribution is -0.143. The molecule has 21 heavy (non-hydrogen) atoms. The van der Waals surface area contributed by atoms with Crippen LogP contribution in [0.25, 0.3) is 0 Å². The first-order valence-electron chi connectivity index (χ1n) is 6.89. The molecule has 0 aromatic carbocycles. The van der Waals surface area contributed by atoms with E-state index in [1.54, 1.807) is 13.8 Å². The molecule has 1 saturated heterocycles. The van der Waals surface area contributed by atoms with E-state index in [1.807, 2.05) is 0 Å². The number of nitrogens with zero attached hydrogens (tertiary/aromatic N) is 3. The summed E-state index contributed by atoms with van der Waals surface area (Å²) in [6.07, 6.45) is 1.19. The lowest BCUT2D eigenvalue weighted by Gasteiger charge is -2.31. The van der Waals surface area contributed by atoms with Gasteiger partial charge in [-0.15, -0.1) is 0 Å². The molecule has 0 saturated carbocycles. The van der Waals surface area contributed by atoms with Gasteiger partial charge in [0.05, 0.1) is 11.6 Å². The number of rotatable bonds is 2. The molecule has 0 bridgehead atoms. The number of piperidine rings is 1. The van der Waals surface area contributed by atoms with E-state index in [2.05, 4.69) is 5.10 Å². The highest BCUT2D eigenvalue weighted by molar-refractivity contribution is 5.95. The summed E-state index contributed by atoms with van der Waals surface area (Å²) in [6, 6.07) is 0. The van der Waals surface area contributed by atoms with Gasteiger partial charge in [-0.3, -0.25) is 14.4 Å². The smallest absolute Gasteiger partial charge is 0.308 e. The number of likely N-dealkylation sites (tertiary alicyclic amines) is 1. The Morgan fingerprint density at radius 1 is 1.33 bits per heavy atom. The van der Waals surface area contributed by atoms with E-state index < -0.39 is 23.4 Å². The number of aromatic nitrogens is 2. The molecular formula is C14H19N3O4. The Bertz CT molecular complexity index is 650. The van der Waals surface area contributed by atoms with Crippen LogP contribution < -0.4 is 5.56 Å². The Kier molecular flexibility index (Phi) is 4.11. The molecule has 0 unspecified atom stereocenters. The van der Waals surface area contributed by atoms with E-state index in [1.165, 1.54) is 11.9 Å². The van der Waals surface area contributed by atoms with E-state index in [0.29, 0.717) is 30.6 Å². The van der Waals surface area contributed by atoms with Gasteiger partial charge in [-0.2, -0.15) is 5.10 Å². The Balaban J connectivity index is 2.37. The van der Waals surface area contributed by atoms with Crippen molar-refractivity contribution in [2.45, 2.75) is 26.7 Å². The Morgan fingerprint density at radius 3 is 2.62 bits per heavy atom. The summed E-state index contributed by atoms with van der Waals surface area (Å²) in [6.45, 7) is 4.06. The van der Waals surface area contributed by atoms with Crippen LogP contribution in [0.15, 0.2) is 4.79 Å². The average molecular weight is 293 g/mol. The third-order valence-corrected chi connectivity index (χ3v) is 4.00. The quantitative estimate of drug-likeness (QED) is 0.848. The molecule has 0 radical (unpaired) electrons. The van der Waals surface area contributed by atoms with Gasteiger partial charge in [-0.05, 0) is 32.3 Å². The van der Waals surface area contributed by atoms with E-state index >= 15 is 0 Å². The van der Waals surface area contributed by atoms with Crippen molar-refractivity contribution in [1.29, 1.82) is 0 Å². The lowest BCUT2D eigenvalue weighted by atomic mass is 9.97. The molecule has 1 aliphatic rings. The summed E-state index contributed by atoms with van der Waals surface area (Å²) < 4.78 is 1.15. The SMILES string of the molecule is Cc1nn(C)c(=O)c(C(=O)N2CCC[C@@H](C(=O)O)C2)c1C. The third-order valence-electron chi connectivity index (χ3n) is 4.00. The van der Waals surface area contributed by atoms with E-state index in [0.717, 1.165) is 4.68 Å². The fourth-order valence-electron chi connectivity index (χ4n) is 2.62. The molecule has 2 heterocycles. The van der Waals surface area contributed by atoms with Crippen molar-refractivity contribution in [3.8, 4) is 0 Å². The van der Waals surface area contributed by atoms with Crippen LogP contribution in [0.1, 0.15) is 34.5 Å². The molecule has 114 valence electrons. The predicted octanol–water partition coefficient (Wildman–Crippen LogP) is 0.334. The summed E-state index contributed by atoms with van der Waals surface area (Å²) in [5.41, 5.74) is 0.823. The highest BCUT2D eigenvalue weighted by Gasteiger charge is 2.31. The van der Waals surface area contributed by atoms with Crippen LogP contribution in [-0.2, 0) is 11.8 Å². The topological polar surface area (TPSA) is 92.5 Å². The maximum absolute atomic E-state index is 12.6. The normalized spacial score (nSPS) is 18.6. The van der Waals surface area contributed by atoms with Crippen LogP contribution in [-0.4, -0.2) is 44.8 Å². The number of aliphatic carboxylic acids is 1. The molecule has 1 aromatic rings. The van der Waals surface area contributed by atoms with E-state index in [-0.39, 0.29) is 12.1 Å². The zero-order valence-electron chi connectivity index (χ0n) is 12.4. The van der Waals surface area contributed by atoms with Gasteiger partial charge >= 0.3 is 5.97 Å². The molecule has 1 amide bonds. The van der Waals surface area contributed by atoms with Crippen molar-refractivity contribution in [2.24, 2.45) is 13.0 Å². The minimum atomic E-state index is -0.900. The maximum Gasteiger partial charge on any atom is 0.308 e. The van der Waals surface area contributed by atoms with Gasteiger partial charge in [0, 0.05) is 20.1 Å². The maximum atomic E-state index is 12.6. The molecule has 0 aliphatic carbocycles. The fraction of sp³-hybridized carbons (Fsp3) is 0.571.